The monoisotopic (exact) mass is 569 g/mol. The van der Waals surface area contributed by atoms with E-state index in [4.69, 9.17) is 10.2 Å². The van der Waals surface area contributed by atoms with Crippen molar-refractivity contribution in [3.8, 4) is 11.1 Å². The molecule has 0 aliphatic carbocycles. The predicted octanol–water partition coefficient (Wildman–Crippen LogP) is 6.79. The highest BCUT2D eigenvalue weighted by molar-refractivity contribution is 5.95. The van der Waals surface area contributed by atoms with Crippen LogP contribution in [-0.4, -0.2) is 40.6 Å². The van der Waals surface area contributed by atoms with E-state index in [-0.39, 0.29) is 53.0 Å². The molecule has 4 aromatic rings. The smallest absolute Gasteiger partial charge is 0.420 e. The topological polar surface area (TPSA) is 89.4 Å². The first-order valence-electron chi connectivity index (χ1n) is 12.7. The van der Waals surface area contributed by atoms with Crippen molar-refractivity contribution in [3.63, 3.8) is 0 Å². The number of benzene rings is 2. The normalized spacial score (nSPS) is 15.2. The van der Waals surface area contributed by atoms with Gasteiger partial charge in [-0.05, 0) is 71.3 Å². The summed E-state index contributed by atoms with van der Waals surface area (Å²) >= 11 is 0. The van der Waals surface area contributed by atoms with Crippen LogP contribution in [0.3, 0.4) is 0 Å². The molecule has 2 aromatic carbocycles. The van der Waals surface area contributed by atoms with Crippen molar-refractivity contribution in [3.05, 3.63) is 89.3 Å². The molecule has 5 rings (SSSR count). The van der Waals surface area contributed by atoms with E-state index in [1.165, 1.54) is 48.7 Å². The number of nitrogens with zero attached hydrogens (tertiary/aromatic N) is 2. The number of furan rings is 1. The van der Waals surface area contributed by atoms with Gasteiger partial charge in [0.1, 0.15) is 17.2 Å². The minimum Gasteiger partial charge on any atom is -0.460 e. The molecule has 11 heteroatoms. The van der Waals surface area contributed by atoms with Crippen LogP contribution in [0.1, 0.15) is 40.1 Å². The number of halogens is 5. The number of aromatic nitrogens is 1. The van der Waals surface area contributed by atoms with E-state index in [0.717, 1.165) is 11.0 Å². The molecule has 3 heterocycles. The molecule has 1 fully saturated rings. The lowest BCUT2D eigenvalue weighted by Crippen LogP contribution is -2.31. The molecular formula is C30H24F5N3O3. The minimum atomic E-state index is -4.72. The first-order valence-corrected chi connectivity index (χ1v) is 12.7. The number of hydrogen-bond acceptors (Lipinski definition) is 5. The molecule has 0 bridgehead atoms. The molecule has 1 aliphatic heterocycles. The van der Waals surface area contributed by atoms with Crippen LogP contribution in [0, 0.1) is 0 Å². The number of hydrogen-bond donors (Lipinski definition) is 1. The Bertz CT molecular complexity index is 1620. The number of likely N-dealkylation sites (tertiary alicyclic amines) is 1. The first-order chi connectivity index (χ1) is 19.4. The number of allylic oxidation sites excluding steroid dienone is 1. The highest BCUT2D eigenvalue weighted by Gasteiger charge is 2.40. The standard InChI is InChI=1S/C30H24F5N3O3/c31-29(32)11-12-38(17-29)28(40)20-5-3-19(4-6-20)21-13-22-14-24(41-27(22)25(15-21)30(33,34)35)9-8-23(39)7-1-18-2-10-26(36)37-16-18/h1-7,10,13-16H,8-9,11-12,17H2,(H2,36,37)/b7-1+. The summed E-state index contributed by atoms with van der Waals surface area (Å²) in [4.78, 5) is 29.9. The predicted molar refractivity (Wildman–Crippen MR) is 143 cm³/mol. The second-order valence-electron chi connectivity index (χ2n) is 9.88. The second-order valence-corrected chi connectivity index (χ2v) is 9.88. The van der Waals surface area contributed by atoms with Crippen molar-refractivity contribution in [2.45, 2.75) is 31.4 Å². The van der Waals surface area contributed by atoms with Gasteiger partial charge in [0.2, 0.25) is 0 Å². The van der Waals surface area contributed by atoms with E-state index >= 15 is 0 Å². The lowest BCUT2D eigenvalue weighted by atomic mass is 9.99. The molecule has 0 spiro atoms. The number of carbonyl (C=O) groups is 2. The molecule has 2 aromatic heterocycles. The molecule has 1 aliphatic rings. The molecule has 6 nitrogen and oxygen atoms in total. The third kappa shape index (κ3) is 6.45. The van der Waals surface area contributed by atoms with E-state index in [1.54, 1.807) is 18.2 Å². The summed E-state index contributed by atoms with van der Waals surface area (Å²) in [6.45, 7) is -0.728. The highest BCUT2D eigenvalue weighted by atomic mass is 19.4. The maximum Gasteiger partial charge on any atom is 0.420 e. The summed E-state index contributed by atoms with van der Waals surface area (Å²) in [6, 6.07) is 13.0. The third-order valence-electron chi connectivity index (χ3n) is 6.78. The first kappa shape index (κ1) is 28.0. The van der Waals surface area contributed by atoms with E-state index < -0.39 is 36.5 Å². The van der Waals surface area contributed by atoms with Crippen LogP contribution in [0.25, 0.3) is 28.2 Å². The molecule has 41 heavy (non-hydrogen) atoms. The zero-order valence-corrected chi connectivity index (χ0v) is 21.6. The van der Waals surface area contributed by atoms with Crippen molar-refractivity contribution in [1.82, 2.24) is 9.88 Å². The van der Waals surface area contributed by atoms with Crippen LogP contribution in [0.4, 0.5) is 27.8 Å². The lowest BCUT2D eigenvalue weighted by Gasteiger charge is -2.16. The third-order valence-corrected chi connectivity index (χ3v) is 6.78. The zero-order valence-electron chi connectivity index (χ0n) is 21.6. The highest BCUT2D eigenvalue weighted by Crippen LogP contribution is 2.39. The number of nitrogens with two attached hydrogens (primary N) is 1. The Morgan fingerprint density at radius 1 is 1.05 bits per heavy atom. The van der Waals surface area contributed by atoms with Crippen LogP contribution in [0.5, 0.6) is 0 Å². The quantitative estimate of drug-likeness (QED) is 0.196. The second kappa shape index (κ2) is 10.8. The van der Waals surface area contributed by atoms with Gasteiger partial charge >= 0.3 is 6.18 Å². The van der Waals surface area contributed by atoms with Crippen LogP contribution < -0.4 is 5.73 Å². The van der Waals surface area contributed by atoms with E-state index in [1.807, 2.05) is 0 Å². The summed E-state index contributed by atoms with van der Waals surface area (Å²) in [5.41, 5.74) is 5.70. The van der Waals surface area contributed by atoms with Gasteiger partial charge in [-0.1, -0.05) is 12.1 Å². The maximum absolute atomic E-state index is 14.0. The summed E-state index contributed by atoms with van der Waals surface area (Å²) < 4.78 is 74.5. The Morgan fingerprint density at radius 2 is 1.80 bits per heavy atom. The molecule has 2 N–H and O–H groups in total. The van der Waals surface area contributed by atoms with Crippen molar-refractivity contribution < 1.29 is 36.0 Å². The number of alkyl halides is 5. The van der Waals surface area contributed by atoms with Gasteiger partial charge in [-0.3, -0.25) is 9.59 Å². The average molecular weight is 570 g/mol. The molecule has 0 unspecified atom stereocenters. The number of rotatable bonds is 7. The van der Waals surface area contributed by atoms with Crippen molar-refractivity contribution in [2.75, 3.05) is 18.8 Å². The van der Waals surface area contributed by atoms with Crippen LogP contribution in [-0.2, 0) is 17.4 Å². The average Bonchev–Trinajstić information content (AvgIpc) is 3.52. The number of amides is 1. The Labute approximate surface area is 231 Å². The number of aryl methyl sites for hydroxylation is 1. The van der Waals surface area contributed by atoms with E-state index in [2.05, 4.69) is 4.98 Å². The SMILES string of the molecule is Nc1ccc(/C=C/C(=O)CCc2cc3cc(-c4ccc(C(=O)N5CCC(F)(F)C5)cc4)cc(C(F)(F)F)c3o2)cn1. The Balaban J connectivity index is 1.34. The maximum atomic E-state index is 14.0. The van der Waals surface area contributed by atoms with Gasteiger partial charge in [0.25, 0.3) is 11.8 Å². The van der Waals surface area contributed by atoms with Crippen molar-refractivity contribution in [1.29, 1.82) is 0 Å². The minimum absolute atomic E-state index is 0.0192. The molecule has 0 atom stereocenters. The molecular weight excluding hydrogens is 545 g/mol. The number of pyridine rings is 1. The van der Waals surface area contributed by atoms with Gasteiger partial charge in [0.15, 0.2) is 5.78 Å². The van der Waals surface area contributed by atoms with E-state index in [0.29, 0.717) is 16.9 Å². The Morgan fingerprint density at radius 3 is 2.44 bits per heavy atom. The van der Waals surface area contributed by atoms with Gasteiger partial charge in [-0.25, -0.2) is 13.8 Å². The molecule has 1 saturated heterocycles. The molecule has 212 valence electrons. The molecule has 0 saturated carbocycles. The molecule has 1 amide bonds. The number of carbonyl (C=O) groups excluding carboxylic acids is 2. The molecule has 0 radical (unpaired) electrons. The van der Waals surface area contributed by atoms with Gasteiger partial charge in [-0.15, -0.1) is 0 Å². The van der Waals surface area contributed by atoms with Gasteiger partial charge in [-0.2, -0.15) is 13.2 Å². The summed E-state index contributed by atoms with van der Waals surface area (Å²) in [5.74, 6) is -3.16. The van der Waals surface area contributed by atoms with Crippen LogP contribution in [0.15, 0.2) is 71.3 Å². The summed E-state index contributed by atoms with van der Waals surface area (Å²) in [6.07, 6.45) is -0.571. The number of fused-ring (bicyclic) bond motifs is 1. The van der Waals surface area contributed by atoms with Crippen LogP contribution >= 0.6 is 0 Å². The Hall–Kier alpha value is -4.54. The largest absolute Gasteiger partial charge is 0.460 e. The zero-order chi connectivity index (χ0) is 29.4. The fourth-order valence-corrected chi connectivity index (χ4v) is 4.64. The summed E-state index contributed by atoms with van der Waals surface area (Å²) in [5, 5.41) is 0.209. The van der Waals surface area contributed by atoms with E-state index in [9.17, 15) is 31.5 Å². The van der Waals surface area contributed by atoms with Crippen molar-refractivity contribution >= 4 is 34.6 Å². The van der Waals surface area contributed by atoms with Crippen molar-refractivity contribution in [2.24, 2.45) is 0 Å². The number of ketones is 1. The fraction of sp³-hybridized carbons (Fsp3) is 0.233. The fourth-order valence-electron chi connectivity index (χ4n) is 4.64. The van der Waals surface area contributed by atoms with Gasteiger partial charge in [0.05, 0.1) is 12.1 Å². The Kier molecular flexibility index (Phi) is 7.37. The lowest BCUT2D eigenvalue weighted by molar-refractivity contribution is -0.136. The number of anilines is 1. The van der Waals surface area contributed by atoms with Crippen LogP contribution in [0.2, 0.25) is 0 Å². The number of nitrogen functional groups attached to an aromatic ring is 1. The summed E-state index contributed by atoms with van der Waals surface area (Å²) in [7, 11) is 0. The van der Waals surface area contributed by atoms with Gasteiger partial charge < -0.3 is 15.1 Å². The van der Waals surface area contributed by atoms with Gasteiger partial charge in [0, 0.05) is 43.0 Å².